The molecule has 3 heterocycles. The summed E-state index contributed by atoms with van der Waals surface area (Å²) in [6.07, 6.45) is 3.30. The third-order valence-electron chi connectivity index (χ3n) is 4.38. The van der Waals surface area contributed by atoms with Gasteiger partial charge in [0.15, 0.2) is 5.75 Å². The van der Waals surface area contributed by atoms with Gasteiger partial charge in [0.1, 0.15) is 11.6 Å². The van der Waals surface area contributed by atoms with Gasteiger partial charge < -0.3 is 10.5 Å². The van der Waals surface area contributed by atoms with Crippen molar-refractivity contribution in [3.63, 3.8) is 0 Å². The molecule has 0 aliphatic carbocycles. The van der Waals surface area contributed by atoms with Crippen molar-refractivity contribution in [2.45, 2.75) is 12.8 Å². The van der Waals surface area contributed by atoms with Gasteiger partial charge in [0.25, 0.3) is 0 Å². The maximum Gasteiger partial charge on any atom is 0.228 e. The molecule has 1 aliphatic rings. The highest BCUT2D eigenvalue weighted by Crippen LogP contribution is 2.47. The van der Waals surface area contributed by atoms with Crippen LogP contribution in [-0.4, -0.2) is 15.5 Å². The van der Waals surface area contributed by atoms with Crippen LogP contribution in [-0.2, 0) is 0 Å². The van der Waals surface area contributed by atoms with Crippen molar-refractivity contribution in [1.29, 1.82) is 5.26 Å². The molecule has 1 aliphatic heterocycles. The summed E-state index contributed by atoms with van der Waals surface area (Å²) >= 11 is 0. The second kappa shape index (κ2) is 5.49. The Morgan fingerprint density at radius 2 is 2.00 bits per heavy atom. The average Bonchev–Trinajstić information content (AvgIpc) is 2.95. The van der Waals surface area contributed by atoms with Crippen LogP contribution in [0.5, 0.6) is 5.75 Å². The Morgan fingerprint density at radius 3 is 2.68 bits per heavy atom. The van der Waals surface area contributed by atoms with E-state index in [-0.39, 0.29) is 17.4 Å². The molecule has 0 saturated heterocycles. The van der Waals surface area contributed by atoms with Crippen LogP contribution in [0.3, 0.4) is 0 Å². The number of hydrogen-bond acceptors (Lipinski definition) is 5. The number of hydrogen-bond donors (Lipinski definition) is 1. The minimum atomic E-state index is -0.493. The molecule has 0 fully saturated rings. The lowest BCUT2D eigenvalue weighted by Crippen LogP contribution is -2.24. The molecule has 0 spiro atoms. The zero-order valence-electron chi connectivity index (χ0n) is 13.4. The van der Waals surface area contributed by atoms with Crippen LogP contribution in [0.1, 0.15) is 28.9 Å². The highest BCUT2D eigenvalue weighted by molar-refractivity contribution is 5.98. The molecule has 3 aromatic rings. The van der Waals surface area contributed by atoms with Gasteiger partial charge in [0.05, 0.1) is 17.1 Å². The molecule has 2 N–H and O–H groups in total. The molecule has 0 saturated carbocycles. The van der Waals surface area contributed by atoms with E-state index in [9.17, 15) is 10.1 Å². The zero-order chi connectivity index (χ0) is 17.6. The van der Waals surface area contributed by atoms with Gasteiger partial charge in [-0.2, -0.15) is 5.26 Å². The summed E-state index contributed by atoms with van der Waals surface area (Å²) in [4.78, 5) is 16.4. The van der Waals surface area contributed by atoms with Gasteiger partial charge in [0.2, 0.25) is 11.8 Å². The van der Waals surface area contributed by atoms with Crippen LogP contribution in [0.4, 0.5) is 0 Å². The Kier molecular flexibility index (Phi) is 3.29. The number of nitriles is 1. The topological polar surface area (TPSA) is 93.9 Å². The monoisotopic (exact) mass is 330 g/mol. The van der Waals surface area contributed by atoms with Crippen LogP contribution in [0, 0.1) is 11.3 Å². The molecular weight excluding hydrogens is 316 g/mol. The van der Waals surface area contributed by atoms with Crippen LogP contribution >= 0.6 is 0 Å². The molecule has 6 heteroatoms. The first-order chi connectivity index (χ1) is 12.1. The SMILES string of the molecule is CC(=O)n1c2c(c3ccccc31)OC(N)=C(C#N)[C@@H]2c1ccncc1. The molecule has 0 radical (unpaired) electrons. The summed E-state index contributed by atoms with van der Waals surface area (Å²) in [7, 11) is 0. The normalized spacial score (nSPS) is 16.2. The van der Waals surface area contributed by atoms with E-state index in [0.717, 1.165) is 16.5 Å². The van der Waals surface area contributed by atoms with Gasteiger partial charge in [-0.25, -0.2) is 0 Å². The summed E-state index contributed by atoms with van der Waals surface area (Å²) in [5.74, 6) is -0.0710. The average molecular weight is 330 g/mol. The summed E-state index contributed by atoms with van der Waals surface area (Å²) < 4.78 is 7.37. The fourth-order valence-corrected chi connectivity index (χ4v) is 3.38. The van der Waals surface area contributed by atoms with Gasteiger partial charge in [-0.15, -0.1) is 0 Å². The number of benzene rings is 1. The van der Waals surface area contributed by atoms with Gasteiger partial charge in [0, 0.05) is 24.7 Å². The summed E-state index contributed by atoms with van der Waals surface area (Å²) in [5, 5.41) is 10.4. The summed E-state index contributed by atoms with van der Waals surface area (Å²) in [5.41, 5.74) is 8.48. The number of fused-ring (bicyclic) bond motifs is 3. The third-order valence-corrected chi connectivity index (χ3v) is 4.38. The molecule has 0 bridgehead atoms. The van der Waals surface area contributed by atoms with Crippen molar-refractivity contribution in [2.24, 2.45) is 5.73 Å². The number of carbonyl (C=O) groups is 1. The number of carbonyl (C=O) groups excluding carboxylic acids is 1. The molecule has 25 heavy (non-hydrogen) atoms. The standard InChI is InChI=1S/C19H14N4O2/c1-11(24)23-15-5-3-2-4-13(15)18-17(23)16(12-6-8-22-9-7-12)14(10-20)19(21)25-18/h2-9,16H,21H2,1H3/t16-/m0/s1. The minimum absolute atomic E-state index is 0.0586. The Labute approximate surface area is 143 Å². The summed E-state index contributed by atoms with van der Waals surface area (Å²) in [6, 6.07) is 13.2. The van der Waals surface area contributed by atoms with Gasteiger partial charge >= 0.3 is 0 Å². The van der Waals surface area contributed by atoms with E-state index in [1.165, 1.54) is 6.92 Å². The van der Waals surface area contributed by atoms with E-state index < -0.39 is 5.92 Å². The fraction of sp³-hybridized carbons (Fsp3) is 0.105. The first-order valence-corrected chi connectivity index (χ1v) is 7.75. The zero-order valence-corrected chi connectivity index (χ0v) is 13.4. The largest absolute Gasteiger partial charge is 0.438 e. The summed E-state index contributed by atoms with van der Waals surface area (Å²) in [6.45, 7) is 1.49. The fourth-order valence-electron chi connectivity index (χ4n) is 3.38. The van der Waals surface area contributed by atoms with E-state index in [0.29, 0.717) is 11.4 Å². The predicted molar refractivity (Wildman–Crippen MR) is 91.8 cm³/mol. The number of allylic oxidation sites excluding steroid dienone is 1. The highest BCUT2D eigenvalue weighted by atomic mass is 16.5. The van der Waals surface area contributed by atoms with Gasteiger partial charge in [-0.05, 0) is 29.8 Å². The van der Waals surface area contributed by atoms with E-state index in [4.69, 9.17) is 10.5 Å². The third kappa shape index (κ3) is 2.10. The van der Waals surface area contributed by atoms with Crippen LogP contribution in [0.25, 0.3) is 10.9 Å². The second-order valence-electron chi connectivity index (χ2n) is 5.79. The first-order valence-electron chi connectivity index (χ1n) is 7.75. The van der Waals surface area contributed by atoms with Crippen molar-refractivity contribution >= 4 is 16.8 Å². The van der Waals surface area contributed by atoms with Gasteiger partial charge in [-0.3, -0.25) is 14.3 Å². The Morgan fingerprint density at radius 1 is 1.28 bits per heavy atom. The lowest BCUT2D eigenvalue weighted by Gasteiger charge is -2.25. The molecule has 2 aromatic heterocycles. The van der Waals surface area contributed by atoms with Crippen molar-refractivity contribution in [3.05, 3.63) is 71.5 Å². The molecule has 1 atom stereocenters. The minimum Gasteiger partial charge on any atom is -0.438 e. The maximum atomic E-state index is 12.4. The van der Waals surface area contributed by atoms with Crippen molar-refractivity contribution in [1.82, 2.24) is 9.55 Å². The quantitative estimate of drug-likeness (QED) is 0.740. The van der Waals surface area contributed by atoms with Crippen molar-refractivity contribution < 1.29 is 9.53 Å². The number of pyridine rings is 1. The molecule has 1 aromatic carbocycles. The predicted octanol–water partition coefficient (Wildman–Crippen LogP) is 2.91. The molecule has 6 nitrogen and oxygen atoms in total. The number of ether oxygens (including phenoxy) is 1. The molecule has 0 amide bonds. The smallest absolute Gasteiger partial charge is 0.228 e. The number of nitrogens with two attached hydrogens (primary N) is 1. The maximum absolute atomic E-state index is 12.4. The van der Waals surface area contributed by atoms with E-state index in [1.54, 1.807) is 17.0 Å². The highest BCUT2D eigenvalue weighted by Gasteiger charge is 2.36. The molecular formula is C19H14N4O2. The number of para-hydroxylation sites is 1. The lowest BCUT2D eigenvalue weighted by atomic mass is 9.87. The first kappa shape index (κ1) is 15.0. The molecule has 122 valence electrons. The number of nitrogens with zero attached hydrogens (tertiary/aromatic N) is 3. The number of aromatic nitrogens is 2. The van der Waals surface area contributed by atoms with E-state index in [1.807, 2.05) is 36.4 Å². The lowest BCUT2D eigenvalue weighted by molar-refractivity contribution is 0.0937. The van der Waals surface area contributed by atoms with Crippen molar-refractivity contribution in [3.8, 4) is 11.8 Å². The van der Waals surface area contributed by atoms with Gasteiger partial charge in [-0.1, -0.05) is 12.1 Å². The Bertz CT molecular complexity index is 1070. The van der Waals surface area contributed by atoms with Crippen LogP contribution in [0.15, 0.2) is 60.2 Å². The Hall–Kier alpha value is -3.59. The Balaban J connectivity index is 2.13. The van der Waals surface area contributed by atoms with Crippen molar-refractivity contribution in [2.75, 3.05) is 0 Å². The second-order valence-corrected chi connectivity index (χ2v) is 5.79. The number of rotatable bonds is 1. The van der Waals surface area contributed by atoms with Crippen LogP contribution < -0.4 is 10.5 Å². The van der Waals surface area contributed by atoms with E-state index >= 15 is 0 Å². The molecule has 0 unspecified atom stereocenters. The van der Waals surface area contributed by atoms with Crippen LogP contribution in [0.2, 0.25) is 0 Å². The van der Waals surface area contributed by atoms with E-state index in [2.05, 4.69) is 11.1 Å². The molecule has 4 rings (SSSR count).